The Balaban J connectivity index is 2.52. The molecule has 0 spiro atoms. The molecule has 106 valence electrons. The lowest BCUT2D eigenvalue weighted by molar-refractivity contribution is 0.687. The zero-order valence-electron chi connectivity index (χ0n) is 11.6. The van der Waals surface area contributed by atoms with E-state index in [4.69, 9.17) is 23.2 Å². The highest BCUT2D eigenvalue weighted by Crippen LogP contribution is 2.32. The minimum absolute atomic E-state index is 0.0940. The van der Waals surface area contributed by atoms with Gasteiger partial charge in [-0.1, -0.05) is 51.3 Å². The summed E-state index contributed by atoms with van der Waals surface area (Å²) in [6.07, 6.45) is 0. The van der Waals surface area contributed by atoms with E-state index in [-0.39, 0.29) is 6.04 Å². The Hall–Kier alpha value is -0.540. The van der Waals surface area contributed by atoms with Crippen molar-refractivity contribution in [2.24, 2.45) is 0 Å². The summed E-state index contributed by atoms with van der Waals surface area (Å²) in [6, 6.07) is 10.2. The maximum Gasteiger partial charge on any atom is 0.0595 e. The summed E-state index contributed by atoms with van der Waals surface area (Å²) in [7, 11) is 1.95. The Morgan fingerprint density at radius 2 is 1.70 bits per heavy atom. The maximum absolute atomic E-state index is 6.13. The van der Waals surface area contributed by atoms with Crippen molar-refractivity contribution in [2.75, 3.05) is 7.05 Å². The molecule has 20 heavy (non-hydrogen) atoms. The van der Waals surface area contributed by atoms with Gasteiger partial charge in [0.25, 0.3) is 0 Å². The third-order valence-corrected chi connectivity index (χ3v) is 5.02. The van der Waals surface area contributed by atoms with Crippen LogP contribution in [0, 0.1) is 13.8 Å². The van der Waals surface area contributed by atoms with Crippen LogP contribution in [-0.4, -0.2) is 7.05 Å². The first-order chi connectivity index (χ1) is 9.43. The zero-order chi connectivity index (χ0) is 14.9. The van der Waals surface area contributed by atoms with Crippen molar-refractivity contribution >= 4 is 39.1 Å². The Labute approximate surface area is 138 Å². The molecular weight excluding hydrogens is 357 g/mol. The van der Waals surface area contributed by atoms with Gasteiger partial charge in [0.2, 0.25) is 0 Å². The van der Waals surface area contributed by atoms with Gasteiger partial charge >= 0.3 is 0 Å². The van der Waals surface area contributed by atoms with Crippen LogP contribution < -0.4 is 5.32 Å². The molecule has 0 bridgehead atoms. The first-order valence-electron chi connectivity index (χ1n) is 6.33. The molecule has 0 saturated carbocycles. The topological polar surface area (TPSA) is 12.0 Å². The number of benzene rings is 2. The Morgan fingerprint density at radius 1 is 1.00 bits per heavy atom. The van der Waals surface area contributed by atoms with Crippen molar-refractivity contribution in [1.29, 1.82) is 0 Å². The first kappa shape index (κ1) is 15.8. The van der Waals surface area contributed by atoms with Crippen LogP contribution in [0.15, 0.2) is 34.8 Å². The van der Waals surface area contributed by atoms with Crippen molar-refractivity contribution in [3.05, 3.63) is 67.1 Å². The van der Waals surface area contributed by atoms with Gasteiger partial charge < -0.3 is 5.32 Å². The quantitative estimate of drug-likeness (QED) is 0.730. The third-order valence-electron chi connectivity index (χ3n) is 3.42. The predicted octanol–water partition coefficient (Wildman–Crippen LogP) is 5.68. The highest BCUT2D eigenvalue weighted by Gasteiger charge is 2.16. The summed E-state index contributed by atoms with van der Waals surface area (Å²) in [5.74, 6) is 0. The molecular formula is C16H16BrCl2N. The van der Waals surface area contributed by atoms with E-state index in [1.165, 1.54) is 16.7 Å². The fourth-order valence-corrected chi connectivity index (χ4v) is 3.07. The van der Waals surface area contributed by atoms with Crippen LogP contribution in [0.4, 0.5) is 0 Å². The van der Waals surface area contributed by atoms with Crippen LogP contribution >= 0.6 is 39.1 Å². The van der Waals surface area contributed by atoms with Crippen LogP contribution in [0.25, 0.3) is 0 Å². The standard InChI is InChI=1S/C16H16BrCl2N/c1-9-7-13(17)10(2)6-12(9)16(20-3)11-4-5-14(18)15(19)8-11/h4-8,16,20H,1-3H3. The van der Waals surface area contributed by atoms with Crippen molar-refractivity contribution in [2.45, 2.75) is 19.9 Å². The molecule has 0 aliphatic carbocycles. The van der Waals surface area contributed by atoms with Gasteiger partial charge in [-0.3, -0.25) is 0 Å². The van der Waals surface area contributed by atoms with Gasteiger partial charge in [-0.05, 0) is 61.3 Å². The molecule has 1 unspecified atom stereocenters. The second-order valence-electron chi connectivity index (χ2n) is 4.85. The number of halogens is 3. The molecule has 2 rings (SSSR count). The fourth-order valence-electron chi connectivity index (χ4n) is 2.31. The van der Waals surface area contributed by atoms with Crippen molar-refractivity contribution in [1.82, 2.24) is 5.32 Å². The van der Waals surface area contributed by atoms with Gasteiger partial charge in [0, 0.05) is 4.47 Å². The molecule has 0 radical (unpaired) electrons. The lowest BCUT2D eigenvalue weighted by Crippen LogP contribution is -2.19. The molecule has 2 aromatic carbocycles. The van der Waals surface area contributed by atoms with E-state index in [2.05, 4.69) is 47.2 Å². The summed E-state index contributed by atoms with van der Waals surface area (Å²) in [4.78, 5) is 0. The number of rotatable bonds is 3. The van der Waals surface area contributed by atoms with Gasteiger partial charge in [0.05, 0.1) is 16.1 Å². The van der Waals surface area contributed by atoms with E-state index in [0.717, 1.165) is 10.0 Å². The molecule has 0 heterocycles. The first-order valence-corrected chi connectivity index (χ1v) is 7.87. The van der Waals surface area contributed by atoms with Crippen LogP contribution in [0.2, 0.25) is 10.0 Å². The fraction of sp³-hybridized carbons (Fsp3) is 0.250. The van der Waals surface area contributed by atoms with E-state index in [9.17, 15) is 0 Å². The Kier molecular flexibility index (Phi) is 5.14. The average molecular weight is 373 g/mol. The van der Waals surface area contributed by atoms with Crippen molar-refractivity contribution in [3.63, 3.8) is 0 Å². The largest absolute Gasteiger partial charge is 0.309 e. The van der Waals surface area contributed by atoms with E-state index < -0.39 is 0 Å². The molecule has 4 heteroatoms. The van der Waals surface area contributed by atoms with Crippen LogP contribution in [0.1, 0.15) is 28.3 Å². The van der Waals surface area contributed by atoms with E-state index in [1.807, 2.05) is 25.2 Å². The molecule has 0 aromatic heterocycles. The number of nitrogens with one attached hydrogen (secondary N) is 1. The maximum atomic E-state index is 6.13. The highest BCUT2D eigenvalue weighted by molar-refractivity contribution is 9.10. The summed E-state index contributed by atoms with van der Waals surface area (Å²) in [5, 5.41) is 4.51. The second kappa shape index (κ2) is 6.48. The normalized spacial score (nSPS) is 12.5. The number of hydrogen-bond donors (Lipinski definition) is 1. The molecule has 0 fully saturated rings. The minimum Gasteiger partial charge on any atom is -0.309 e. The van der Waals surface area contributed by atoms with E-state index >= 15 is 0 Å². The molecule has 0 saturated heterocycles. The average Bonchev–Trinajstić information content (AvgIpc) is 2.40. The van der Waals surface area contributed by atoms with Gasteiger partial charge in [-0.15, -0.1) is 0 Å². The van der Waals surface area contributed by atoms with Crippen molar-refractivity contribution < 1.29 is 0 Å². The van der Waals surface area contributed by atoms with Gasteiger partial charge in [-0.2, -0.15) is 0 Å². The third kappa shape index (κ3) is 3.20. The number of hydrogen-bond acceptors (Lipinski definition) is 1. The molecule has 0 amide bonds. The summed E-state index contributed by atoms with van der Waals surface area (Å²) >= 11 is 15.7. The highest BCUT2D eigenvalue weighted by atomic mass is 79.9. The van der Waals surface area contributed by atoms with Crippen LogP contribution in [-0.2, 0) is 0 Å². The molecule has 1 nitrogen and oxygen atoms in total. The molecule has 2 aromatic rings. The smallest absolute Gasteiger partial charge is 0.0595 e. The monoisotopic (exact) mass is 371 g/mol. The Morgan fingerprint density at radius 3 is 2.30 bits per heavy atom. The Bertz CT molecular complexity index is 641. The lowest BCUT2D eigenvalue weighted by Gasteiger charge is -2.21. The summed E-state index contributed by atoms with van der Waals surface area (Å²) in [6.45, 7) is 4.20. The SMILES string of the molecule is CNC(c1ccc(Cl)c(Cl)c1)c1cc(C)c(Br)cc1C. The van der Waals surface area contributed by atoms with Gasteiger partial charge in [0.15, 0.2) is 0 Å². The van der Waals surface area contributed by atoms with E-state index in [1.54, 1.807) is 0 Å². The molecule has 1 N–H and O–H groups in total. The molecule has 1 atom stereocenters. The predicted molar refractivity (Wildman–Crippen MR) is 91.0 cm³/mol. The summed E-state index contributed by atoms with van der Waals surface area (Å²) in [5.41, 5.74) is 4.79. The lowest BCUT2D eigenvalue weighted by atomic mass is 9.94. The van der Waals surface area contributed by atoms with Crippen LogP contribution in [0.5, 0.6) is 0 Å². The van der Waals surface area contributed by atoms with Crippen LogP contribution in [0.3, 0.4) is 0 Å². The molecule has 0 aliphatic rings. The van der Waals surface area contributed by atoms with Gasteiger partial charge in [0.1, 0.15) is 0 Å². The zero-order valence-corrected chi connectivity index (χ0v) is 14.7. The minimum atomic E-state index is 0.0940. The van der Waals surface area contributed by atoms with Gasteiger partial charge in [-0.25, -0.2) is 0 Å². The number of aryl methyl sites for hydroxylation is 2. The molecule has 0 aliphatic heterocycles. The van der Waals surface area contributed by atoms with Crippen molar-refractivity contribution in [3.8, 4) is 0 Å². The summed E-state index contributed by atoms with van der Waals surface area (Å²) < 4.78 is 1.13. The van der Waals surface area contributed by atoms with E-state index in [0.29, 0.717) is 10.0 Å². The second-order valence-corrected chi connectivity index (χ2v) is 6.52.